The zero-order valence-corrected chi connectivity index (χ0v) is 15.1. The molecule has 0 aliphatic heterocycles. The van der Waals surface area contributed by atoms with Crippen molar-refractivity contribution in [3.05, 3.63) is 77.6 Å². The summed E-state index contributed by atoms with van der Waals surface area (Å²) >= 11 is 0. The summed E-state index contributed by atoms with van der Waals surface area (Å²) < 4.78 is 27.0. The van der Waals surface area contributed by atoms with Gasteiger partial charge < -0.3 is 5.11 Å². The highest BCUT2D eigenvalue weighted by atomic mass is 32.2. The number of aromatic nitrogens is 1. The normalized spacial score (nSPS) is 11.6. The van der Waals surface area contributed by atoms with Gasteiger partial charge in [-0.3, -0.25) is 0 Å². The van der Waals surface area contributed by atoms with Crippen LogP contribution >= 0.6 is 0 Å². The molecule has 0 unspecified atom stereocenters. The minimum Gasteiger partial charge on any atom is -0.396 e. The first-order valence-electron chi connectivity index (χ1n) is 8.13. The predicted octanol–water partition coefficient (Wildman–Crippen LogP) is 3.54. The molecule has 0 aliphatic rings. The number of hydrogen-bond acceptors (Lipinski definition) is 3. The van der Waals surface area contributed by atoms with Crippen LogP contribution in [0, 0.1) is 13.8 Å². The highest BCUT2D eigenvalue weighted by molar-refractivity contribution is 7.90. The van der Waals surface area contributed by atoms with Gasteiger partial charge in [0.2, 0.25) is 0 Å². The van der Waals surface area contributed by atoms with Gasteiger partial charge in [0.1, 0.15) is 0 Å². The SMILES string of the molecule is Cc1ccc(-c2cn(S(=O)(=O)c3ccc(C)cc3)cc2CCO)cc1. The third-order valence-corrected chi connectivity index (χ3v) is 5.86. The van der Waals surface area contributed by atoms with E-state index in [1.165, 1.54) is 3.97 Å². The maximum Gasteiger partial charge on any atom is 0.267 e. The number of hydrogen-bond donors (Lipinski definition) is 1. The standard InChI is InChI=1S/C20H21NO3S/c1-15-3-7-17(8-4-15)20-14-21(13-18(20)11-12-22)25(23,24)19-9-5-16(2)6-10-19/h3-10,13-14,22H,11-12H2,1-2H3. The van der Waals surface area contributed by atoms with Gasteiger partial charge in [-0.2, -0.15) is 0 Å². The van der Waals surface area contributed by atoms with E-state index < -0.39 is 10.0 Å². The van der Waals surface area contributed by atoms with E-state index in [-0.39, 0.29) is 11.5 Å². The highest BCUT2D eigenvalue weighted by Gasteiger charge is 2.19. The first-order chi connectivity index (χ1) is 11.9. The maximum absolute atomic E-state index is 12.9. The van der Waals surface area contributed by atoms with Gasteiger partial charge in [0.15, 0.2) is 0 Å². The van der Waals surface area contributed by atoms with Crippen molar-refractivity contribution in [1.82, 2.24) is 3.97 Å². The van der Waals surface area contributed by atoms with Crippen molar-refractivity contribution in [2.45, 2.75) is 25.2 Å². The van der Waals surface area contributed by atoms with Crippen LogP contribution in [0.2, 0.25) is 0 Å². The molecule has 0 saturated carbocycles. The van der Waals surface area contributed by atoms with Gasteiger partial charge in [-0.05, 0) is 43.5 Å². The molecule has 0 atom stereocenters. The van der Waals surface area contributed by atoms with E-state index in [1.807, 2.05) is 38.1 Å². The Kier molecular flexibility index (Phi) is 4.79. The quantitative estimate of drug-likeness (QED) is 0.761. The number of aliphatic hydroxyl groups is 1. The molecule has 1 heterocycles. The second-order valence-electron chi connectivity index (χ2n) is 6.18. The molecule has 3 rings (SSSR count). The third-order valence-electron chi connectivity index (χ3n) is 4.23. The molecular weight excluding hydrogens is 334 g/mol. The Labute approximate surface area is 148 Å². The van der Waals surface area contributed by atoms with E-state index in [1.54, 1.807) is 36.7 Å². The fourth-order valence-electron chi connectivity index (χ4n) is 2.75. The molecule has 0 radical (unpaired) electrons. The highest BCUT2D eigenvalue weighted by Crippen LogP contribution is 2.28. The van der Waals surface area contributed by atoms with Gasteiger partial charge in [0.05, 0.1) is 4.90 Å². The number of nitrogens with zero attached hydrogens (tertiary/aromatic N) is 1. The predicted molar refractivity (Wildman–Crippen MR) is 99.2 cm³/mol. The summed E-state index contributed by atoms with van der Waals surface area (Å²) in [5, 5.41) is 9.34. The molecule has 0 bridgehead atoms. The van der Waals surface area contributed by atoms with Crippen LogP contribution in [0.4, 0.5) is 0 Å². The Bertz CT molecular complexity index is 969. The van der Waals surface area contributed by atoms with Crippen LogP contribution < -0.4 is 0 Å². The lowest BCUT2D eigenvalue weighted by Gasteiger charge is -2.06. The van der Waals surface area contributed by atoms with Crippen LogP contribution in [0.15, 0.2) is 65.8 Å². The zero-order valence-electron chi connectivity index (χ0n) is 14.3. The molecule has 3 aromatic rings. The van der Waals surface area contributed by atoms with Crippen molar-refractivity contribution in [1.29, 1.82) is 0 Å². The molecular formula is C20H21NO3S. The molecule has 0 fully saturated rings. The number of aliphatic hydroxyl groups excluding tert-OH is 1. The van der Waals surface area contributed by atoms with Gasteiger partial charge in [-0.25, -0.2) is 12.4 Å². The Balaban J connectivity index is 2.09. The van der Waals surface area contributed by atoms with Crippen molar-refractivity contribution < 1.29 is 13.5 Å². The van der Waals surface area contributed by atoms with Gasteiger partial charge in [-0.1, -0.05) is 47.5 Å². The third kappa shape index (κ3) is 3.52. The van der Waals surface area contributed by atoms with Crippen molar-refractivity contribution in [2.24, 2.45) is 0 Å². The van der Waals surface area contributed by atoms with Crippen molar-refractivity contribution in [3.8, 4) is 11.1 Å². The molecule has 0 spiro atoms. The lowest BCUT2D eigenvalue weighted by Crippen LogP contribution is -2.10. The molecule has 0 saturated heterocycles. The fraction of sp³-hybridized carbons (Fsp3) is 0.200. The first-order valence-corrected chi connectivity index (χ1v) is 9.57. The molecule has 1 aromatic heterocycles. The van der Waals surface area contributed by atoms with Gasteiger partial charge in [0, 0.05) is 24.6 Å². The molecule has 0 amide bonds. The molecule has 130 valence electrons. The van der Waals surface area contributed by atoms with E-state index in [2.05, 4.69) is 0 Å². The van der Waals surface area contributed by atoms with Crippen LogP contribution in [0.3, 0.4) is 0 Å². The Morgan fingerprint density at radius 3 is 2.00 bits per heavy atom. The van der Waals surface area contributed by atoms with E-state index in [0.717, 1.165) is 27.8 Å². The average Bonchev–Trinajstić information content (AvgIpc) is 3.01. The van der Waals surface area contributed by atoms with Gasteiger partial charge in [0.25, 0.3) is 10.0 Å². The topological polar surface area (TPSA) is 59.3 Å². The van der Waals surface area contributed by atoms with Gasteiger partial charge >= 0.3 is 0 Å². The summed E-state index contributed by atoms with van der Waals surface area (Å²) in [6.07, 6.45) is 3.63. The minimum absolute atomic E-state index is 0.0343. The largest absolute Gasteiger partial charge is 0.396 e. The average molecular weight is 355 g/mol. The van der Waals surface area contributed by atoms with Crippen LogP contribution in [-0.2, 0) is 16.4 Å². The van der Waals surface area contributed by atoms with Crippen molar-refractivity contribution >= 4 is 10.0 Å². The van der Waals surface area contributed by atoms with Crippen LogP contribution in [0.25, 0.3) is 11.1 Å². The lowest BCUT2D eigenvalue weighted by molar-refractivity contribution is 0.300. The molecule has 25 heavy (non-hydrogen) atoms. The van der Waals surface area contributed by atoms with Crippen LogP contribution in [0.5, 0.6) is 0 Å². The van der Waals surface area contributed by atoms with Crippen LogP contribution in [0.1, 0.15) is 16.7 Å². The smallest absolute Gasteiger partial charge is 0.267 e. The summed E-state index contributed by atoms with van der Waals surface area (Å²) in [6.45, 7) is 3.89. The minimum atomic E-state index is -3.66. The molecule has 4 nitrogen and oxygen atoms in total. The number of aryl methyl sites for hydroxylation is 2. The summed E-state index contributed by atoms with van der Waals surface area (Å²) in [5.41, 5.74) is 4.71. The number of rotatable bonds is 5. The van der Waals surface area contributed by atoms with E-state index in [0.29, 0.717) is 6.42 Å². The maximum atomic E-state index is 12.9. The molecule has 0 aliphatic carbocycles. The molecule has 1 N–H and O–H groups in total. The fourth-order valence-corrected chi connectivity index (χ4v) is 3.99. The summed E-state index contributed by atoms with van der Waals surface area (Å²) in [5.74, 6) is 0. The van der Waals surface area contributed by atoms with Crippen molar-refractivity contribution in [2.75, 3.05) is 6.61 Å². The first kappa shape index (κ1) is 17.5. The monoisotopic (exact) mass is 355 g/mol. The number of benzene rings is 2. The lowest BCUT2D eigenvalue weighted by atomic mass is 10.0. The molecule has 2 aromatic carbocycles. The van der Waals surface area contributed by atoms with Crippen LogP contribution in [-0.4, -0.2) is 24.1 Å². The summed E-state index contributed by atoms with van der Waals surface area (Å²) in [6, 6.07) is 14.7. The Hall–Kier alpha value is -2.37. The Morgan fingerprint density at radius 1 is 0.880 bits per heavy atom. The van der Waals surface area contributed by atoms with E-state index >= 15 is 0 Å². The summed E-state index contributed by atoms with van der Waals surface area (Å²) in [4.78, 5) is 0.249. The van der Waals surface area contributed by atoms with E-state index in [4.69, 9.17) is 0 Å². The second kappa shape index (κ2) is 6.86. The zero-order chi connectivity index (χ0) is 18.0. The molecule has 5 heteroatoms. The van der Waals surface area contributed by atoms with E-state index in [9.17, 15) is 13.5 Å². The summed E-state index contributed by atoms with van der Waals surface area (Å²) in [7, 11) is -3.66. The van der Waals surface area contributed by atoms with Gasteiger partial charge in [-0.15, -0.1) is 0 Å². The second-order valence-corrected chi connectivity index (χ2v) is 8.03. The Morgan fingerprint density at radius 2 is 1.44 bits per heavy atom. The van der Waals surface area contributed by atoms with Crippen molar-refractivity contribution in [3.63, 3.8) is 0 Å².